The van der Waals surface area contributed by atoms with Gasteiger partial charge in [0.15, 0.2) is 0 Å². The molecule has 1 aliphatic heterocycles. The lowest BCUT2D eigenvalue weighted by Crippen LogP contribution is -2.35. The lowest BCUT2D eigenvalue weighted by atomic mass is 10.0. The summed E-state index contributed by atoms with van der Waals surface area (Å²) in [6.07, 6.45) is 3.95. The molecule has 4 N–H and O–H groups in total. The van der Waals surface area contributed by atoms with E-state index in [0.717, 1.165) is 25.9 Å². The van der Waals surface area contributed by atoms with Crippen molar-refractivity contribution in [2.45, 2.75) is 38.6 Å². The van der Waals surface area contributed by atoms with Gasteiger partial charge >= 0.3 is 0 Å². The molecule has 0 spiro atoms. The number of likely N-dealkylation sites (tertiary alicyclic amines) is 1. The van der Waals surface area contributed by atoms with Gasteiger partial charge in [0, 0.05) is 12.5 Å². The quantitative estimate of drug-likeness (QED) is 0.347. The maximum absolute atomic E-state index is 9.26. The third-order valence-corrected chi connectivity index (χ3v) is 3.33. The minimum Gasteiger partial charge on any atom is -0.395 e. The molecule has 0 saturated carbocycles. The van der Waals surface area contributed by atoms with Crippen molar-refractivity contribution in [2.24, 2.45) is 11.7 Å². The first-order valence-corrected chi connectivity index (χ1v) is 5.83. The number of amidine groups is 1. The molecule has 1 saturated heterocycles. The molecule has 0 aromatic carbocycles. The molecule has 0 aromatic rings. The summed E-state index contributed by atoms with van der Waals surface area (Å²) in [7, 11) is 0. The second kappa shape index (κ2) is 6.08. The number of unbranched alkanes of at least 4 members (excludes halogenated alkanes) is 1. The first kappa shape index (κ1) is 12.5. The highest BCUT2D eigenvalue weighted by Gasteiger charge is 2.29. The maximum Gasteiger partial charge on any atom is 0.0905 e. The van der Waals surface area contributed by atoms with E-state index in [-0.39, 0.29) is 12.4 Å². The molecular weight excluding hydrogens is 190 g/mol. The van der Waals surface area contributed by atoms with Crippen LogP contribution in [0.25, 0.3) is 0 Å². The van der Waals surface area contributed by atoms with Crippen molar-refractivity contribution in [1.82, 2.24) is 4.90 Å². The highest BCUT2D eigenvalue weighted by atomic mass is 16.3. The third-order valence-electron chi connectivity index (χ3n) is 3.33. The van der Waals surface area contributed by atoms with Gasteiger partial charge in [0.2, 0.25) is 0 Å². The summed E-state index contributed by atoms with van der Waals surface area (Å²) in [6.45, 7) is 4.61. The molecule has 0 radical (unpaired) electrons. The van der Waals surface area contributed by atoms with Gasteiger partial charge in [0.25, 0.3) is 0 Å². The van der Waals surface area contributed by atoms with E-state index in [1.807, 2.05) is 0 Å². The lowest BCUT2D eigenvalue weighted by molar-refractivity contribution is 0.138. The average molecular weight is 213 g/mol. The number of nitrogens with two attached hydrogens (primary N) is 1. The van der Waals surface area contributed by atoms with Gasteiger partial charge in [-0.2, -0.15) is 0 Å². The summed E-state index contributed by atoms with van der Waals surface area (Å²) in [6, 6.07) is 0.349. The molecule has 15 heavy (non-hydrogen) atoms. The van der Waals surface area contributed by atoms with Crippen LogP contribution in [0.3, 0.4) is 0 Å². The fourth-order valence-corrected chi connectivity index (χ4v) is 2.29. The Morgan fingerprint density at radius 2 is 2.27 bits per heavy atom. The van der Waals surface area contributed by atoms with Gasteiger partial charge in [-0.25, -0.2) is 0 Å². The van der Waals surface area contributed by atoms with Crippen LogP contribution in [0.1, 0.15) is 32.6 Å². The minimum atomic E-state index is 0.272. The standard InChI is InChI=1S/C11H23N3O/c1-9-5-7-14(10(9)8-15)6-3-2-4-11(12)13/h9-10,15H,2-8H2,1H3,(H3,12,13). The van der Waals surface area contributed by atoms with E-state index in [4.69, 9.17) is 11.1 Å². The maximum atomic E-state index is 9.26. The molecule has 88 valence electrons. The van der Waals surface area contributed by atoms with E-state index in [0.29, 0.717) is 18.4 Å². The first-order chi connectivity index (χ1) is 7.15. The summed E-state index contributed by atoms with van der Waals surface area (Å²) in [5.41, 5.74) is 5.29. The topological polar surface area (TPSA) is 73.3 Å². The molecule has 2 atom stereocenters. The largest absolute Gasteiger partial charge is 0.395 e. The second-order valence-electron chi connectivity index (χ2n) is 4.53. The van der Waals surface area contributed by atoms with Crippen molar-refractivity contribution >= 4 is 5.84 Å². The smallest absolute Gasteiger partial charge is 0.0905 e. The van der Waals surface area contributed by atoms with E-state index in [1.54, 1.807) is 0 Å². The molecule has 0 aliphatic carbocycles. The van der Waals surface area contributed by atoms with Crippen LogP contribution in [-0.4, -0.2) is 41.6 Å². The zero-order valence-corrected chi connectivity index (χ0v) is 9.58. The summed E-state index contributed by atoms with van der Waals surface area (Å²) in [5.74, 6) is 0.895. The van der Waals surface area contributed by atoms with Crippen LogP contribution < -0.4 is 5.73 Å². The van der Waals surface area contributed by atoms with Crippen molar-refractivity contribution < 1.29 is 5.11 Å². The van der Waals surface area contributed by atoms with Gasteiger partial charge in [0.1, 0.15) is 0 Å². The molecule has 1 aliphatic rings. The predicted molar refractivity (Wildman–Crippen MR) is 62.0 cm³/mol. The van der Waals surface area contributed by atoms with Crippen LogP contribution in [0, 0.1) is 11.3 Å². The average Bonchev–Trinajstić information content (AvgIpc) is 2.53. The minimum absolute atomic E-state index is 0.272. The van der Waals surface area contributed by atoms with E-state index in [1.165, 1.54) is 6.42 Å². The summed E-state index contributed by atoms with van der Waals surface area (Å²) < 4.78 is 0. The van der Waals surface area contributed by atoms with Gasteiger partial charge in [-0.1, -0.05) is 6.92 Å². The molecular formula is C11H23N3O. The molecule has 0 bridgehead atoms. The second-order valence-corrected chi connectivity index (χ2v) is 4.53. The molecule has 4 nitrogen and oxygen atoms in total. The Balaban J connectivity index is 2.18. The van der Waals surface area contributed by atoms with Crippen LogP contribution in [0.5, 0.6) is 0 Å². The molecule has 0 aromatic heterocycles. The Morgan fingerprint density at radius 3 is 2.87 bits per heavy atom. The van der Waals surface area contributed by atoms with Crippen LogP contribution in [0.4, 0.5) is 0 Å². The number of nitrogens with one attached hydrogen (secondary N) is 1. The van der Waals surface area contributed by atoms with Gasteiger partial charge in [-0.3, -0.25) is 10.3 Å². The Bertz CT molecular complexity index is 208. The van der Waals surface area contributed by atoms with Crippen LogP contribution >= 0.6 is 0 Å². The number of hydrogen-bond acceptors (Lipinski definition) is 3. The van der Waals surface area contributed by atoms with Crippen LogP contribution in [0.15, 0.2) is 0 Å². The van der Waals surface area contributed by atoms with E-state index in [9.17, 15) is 5.11 Å². The zero-order valence-electron chi connectivity index (χ0n) is 9.58. The van der Waals surface area contributed by atoms with Gasteiger partial charge in [-0.15, -0.1) is 0 Å². The van der Waals surface area contributed by atoms with E-state index >= 15 is 0 Å². The number of nitrogens with zero attached hydrogens (tertiary/aromatic N) is 1. The summed E-state index contributed by atoms with van der Waals surface area (Å²) in [5, 5.41) is 16.4. The van der Waals surface area contributed by atoms with Crippen molar-refractivity contribution in [2.75, 3.05) is 19.7 Å². The van der Waals surface area contributed by atoms with Crippen LogP contribution in [0.2, 0.25) is 0 Å². The molecule has 1 rings (SSSR count). The van der Waals surface area contributed by atoms with Gasteiger partial charge in [0.05, 0.1) is 12.4 Å². The van der Waals surface area contributed by atoms with Crippen molar-refractivity contribution in [3.05, 3.63) is 0 Å². The molecule has 1 fully saturated rings. The fraction of sp³-hybridized carbons (Fsp3) is 0.909. The number of aliphatic hydroxyl groups is 1. The molecule has 1 heterocycles. The monoisotopic (exact) mass is 213 g/mol. The number of rotatable bonds is 6. The highest BCUT2D eigenvalue weighted by Crippen LogP contribution is 2.23. The predicted octanol–water partition coefficient (Wildman–Crippen LogP) is 0.795. The van der Waals surface area contributed by atoms with Crippen molar-refractivity contribution in [1.29, 1.82) is 5.41 Å². The molecule has 0 amide bonds. The fourth-order valence-electron chi connectivity index (χ4n) is 2.29. The Kier molecular flexibility index (Phi) is 5.05. The number of aliphatic hydroxyl groups excluding tert-OH is 1. The van der Waals surface area contributed by atoms with E-state index < -0.39 is 0 Å². The molecule has 4 heteroatoms. The highest BCUT2D eigenvalue weighted by molar-refractivity contribution is 5.76. The van der Waals surface area contributed by atoms with Crippen molar-refractivity contribution in [3.63, 3.8) is 0 Å². The van der Waals surface area contributed by atoms with Crippen molar-refractivity contribution in [3.8, 4) is 0 Å². The molecule has 2 unspecified atom stereocenters. The zero-order chi connectivity index (χ0) is 11.3. The van der Waals surface area contributed by atoms with Gasteiger partial charge in [-0.05, 0) is 38.3 Å². The summed E-state index contributed by atoms with van der Waals surface area (Å²) >= 11 is 0. The Morgan fingerprint density at radius 1 is 1.53 bits per heavy atom. The van der Waals surface area contributed by atoms with Gasteiger partial charge < -0.3 is 10.8 Å². The first-order valence-electron chi connectivity index (χ1n) is 5.83. The number of hydrogen-bond donors (Lipinski definition) is 3. The lowest BCUT2D eigenvalue weighted by Gasteiger charge is -2.24. The van der Waals surface area contributed by atoms with E-state index in [2.05, 4.69) is 11.8 Å². The summed E-state index contributed by atoms with van der Waals surface area (Å²) in [4.78, 5) is 2.37. The third kappa shape index (κ3) is 3.80. The Hall–Kier alpha value is -0.610. The normalized spacial score (nSPS) is 27.1. The van der Waals surface area contributed by atoms with Crippen LogP contribution in [-0.2, 0) is 0 Å². The SMILES string of the molecule is CC1CCN(CCCCC(=N)N)C1CO. The Labute approximate surface area is 92.0 Å².